The minimum atomic E-state index is 1.06. The molecule has 0 unspecified atom stereocenters. The quantitative estimate of drug-likeness (QED) is 0.709. The standard InChI is InChI=1S/C17H27N2/c1-3-5-12-18-13-9-14-19(17(18)4-2)15-16-10-7-6-8-11-16/h6-8,10-11H,3-5,9,12-15H2,1-2H3/q+1. The van der Waals surface area contributed by atoms with Gasteiger partial charge in [-0.3, -0.25) is 9.48 Å². The van der Waals surface area contributed by atoms with Crippen LogP contribution >= 0.6 is 0 Å². The Morgan fingerprint density at radius 2 is 1.95 bits per heavy atom. The number of benzene rings is 1. The molecule has 0 fully saturated rings. The SMILES string of the molecule is CCCCN1CCC[N+](Cc2ccccc2)=C1CC. The van der Waals surface area contributed by atoms with Crippen LogP contribution in [0.2, 0.25) is 0 Å². The van der Waals surface area contributed by atoms with Gasteiger partial charge < -0.3 is 0 Å². The van der Waals surface area contributed by atoms with Crippen molar-refractivity contribution in [1.82, 2.24) is 4.90 Å². The Labute approximate surface area is 117 Å². The van der Waals surface area contributed by atoms with Gasteiger partial charge in [-0.05, 0) is 12.0 Å². The molecule has 0 N–H and O–H groups in total. The average Bonchev–Trinajstić information content (AvgIpc) is 2.46. The van der Waals surface area contributed by atoms with E-state index in [9.17, 15) is 0 Å². The first-order valence-electron chi connectivity index (χ1n) is 7.74. The van der Waals surface area contributed by atoms with Crippen LogP contribution in [0.1, 0.15) is 45.1 Å². The molecule has 1 aromatic carbocycles. The fourth-order valence-electron chi connectivity index (χ4n) is 2.92. The lowest BCUT2D eigenvalue weighted by Crippen LogP contribution is -2.44. The molecular weight excluding hydrogens is 232 g/mol. The number of amidine groups is 1. The van der Waals surface area contributed by atoms with Gasteiger partial charge >= 0.3 is 0 Å². The van der Waals surface area contributed by atoms with E-state index in [1.165, 1.54) is 44.5 Å². The van der Waals surface area contributed by atoms with Crippen molar-refractivity contribution in [2.24, 2.45) is 0 Å². The van der Waals surface area contributed by atoms with Gasteiger partial charge in [0.25, 0.3) is 0 Å². The highest BCUT2D eigenvalue weighted by atomic mass is 15.3. The van der Waals surface area contributed by atoms with Crippen LogP contribution in [0.4, 0.5) is 0 Å². The first kappa shape index (κ1) is 14.1. The van der Waals surface area contributed by atoms with Crippen molar-refractivity contribution in [2.75, 3.05) is 19.6 Å². The van der Waals surface area contributed by atoms with E-state index >= 15 is 0 Å². The van der Waals surface area contributed by atoms with Gasteiger partial charge in [-0.1, -0.05) is 50.6 Å². The van der Waals surface area contributed by atoms with Gasteiger partial charge in [-0.25, -0.2) is 0 Å². The zero-order valence-corrected chi connectivity index (χ0v) is 12.4. The minimum absolute atomic E-state index is 1.06. The molecule has 1 heterocycles. The molecule has 0 saturated heterocycles. The highest BCUT2D eigenvalue weighted by Crippen LogP contribution is 2.11. The molecule has 0 spiro atoms. The molecule has 104 valence electrons. The smallest absolute Gasteiger partial charge is 0.246 e. The molecule has 0 atom stereocenters. The van der Waals surface area contributed by atoms with Crippen molar-refractivity contribution in [1.29, 1.82) is 0 Å². The van der Waals surface area contributed by atoms with Gasteiger partial charge in [0.15, 0.2) is 0 Å². The van der Waals surface area contributed by atoms with E-state index in [0.29, 0.717) is 0 Å². The molecule has 0 amide bonds. The lowest BCUT2D eigenvalue weighted by molar-refractivity contribution is -0.555. The van der Waals surface area contributed by atoms with E-state index in [2.05, 4.69) is 53.7 Å². The van der Waals surface area contributed by atoms with Crippen molar-refractivity contribution in [3.63, 3.8) is 0 Å². The maximum absolute atomic E-state index is 2.61. The summed E-state index contributed by atoms with van der Waals surface area (Å²) >= 11 is 0. The van der Waals surface area contributed by atoms with Crippen LogP contribution in [-0.2, 0) is 6.54 Å². The first-order valence-corrected chi connectivity index (χ1v) is 7.74. The molecule has 2 rings (SSSR count). The van der Waals surface area contributed by atoms with E-state index in [1.807, 2.05) is 0 Å². The number of unbranched alkanes of at least 4 members (excludes halogenated alkanes) is 1. The Hall–Kier alpha value is -1.31. The van der Waals surface area contributed by atoms with Gasteiger partial charge in [0, 0.05) is 12.8 Å². The van der Waals surface area contributed by atoms with Gasteiger partial charge in [-0.15, -0.1) is 0 Å². The third-order valence-electron chi connectivity index (χ3n) is 3.90. The predicted molar refractivity (Wildman–Crippen MR) is 81.7 cm³/mol. The van der Waals surface area contributed by atoms with Crippen LogP contribution in [-0.4, -0.2) is 34.9 Å². The molecule has 0 saturated carbocycles. The molecule has 1 aromatic rings. The summed E-state index contributed by atoms with van der Waals surface area (Å²) in [5.41, 5.74) is 1.42. The van der Waals surface area contributed by atoms with Crippen molar-refractivity contribution in [3.05, 3.63) is 35.9 Å². The van der Waals surface area contributed by atoms with Crippen LogP contribution in [0.5, 0.6) is 0 Å². The zero-order valence-electron chi connectivity index (χ0n) is 12.4. The van der Waals surface area contributed by atoms with E-state index < -0.39 is 0 Å². The highest BCUT2D eigenvalue weighted by molar-refractivity contribution is 5.77. The van der Waals surface area contributed by atoms with Crippen LogP contribution in [0, 0.1) is 0 Å². The van der Waals surface area contributed by atoms with Crippen LogP contribution < -0.4 is 0 Å². The second kappa shape index (κ2) is 7.32. The summed E-state index contributed by atoms with van der Waals surface area (Å²) in [5, 5.41) is 0. The van der Waals surface area contributed by atoms with Crippen LogP contribution in [0.25, 0.3) is 0 Å². The average molecular weight is 259 g/mol. The Balaban J connectivity index is 2.12. The molecule has 19 heavy (non-hydrogen) atoms. The summed E-state index contributed by atoms with van der Waals surface area (Å²) in [6.45, 7) is 9.31. The molecule has 2 nitrogen and oxygen atoms in total. The number of hydrogen-bond donors (Lipinski definition) is 0. The zero-order chi connectivity index (χ0) is 13.5. The molecule has 2 heteroatoms. The Kier molecular flexibility index (Phi) is 5.44. The molecule has 0 radical (unpaired) electrons. The summed E-state index contributed by atoms with van der Waals surface area (Å²) in [4.78, 5) is 2.61. The molecule has 1 aliphatic heterocycles. The third kappa shape index (κ3) is 3.82. The predicted octanol–water partition coefficient (Wildman–Crippen LogP) is 3.51. The van der Waals surface area contributed by atoms with Gasteiger partial charge in [0.05, 0.1) is 19.6 Å². The highest BCUT2D eigenvalue weighted by Gasteiger charge is 2.25. The fourth-order valence-corrected chi connectivity index (χ4v) is 2.92. The normalized spacial score (nSPS) is 16.0. The Bertz CT molecular complexity index is 409. The summed E-state index contributed by atoms with van der Waals surface area (Å²) < 4.78 is 2.58. The Morgan fingerprint density at radius 3 is 2.63 bits per heavy atom. The molecule has 0 aromatic heterocycles. The number of rotatable bonds is 6. The van der Waals surface area contributed by atoms with Gasteiger partial charge in [0.2, 0.25) is 5.84 Å². The van der Waals surface area contributed by atoms with Crippen molar-refractivity contribution >= 4 is 5.84 Å². The first-order chi connectivity index (χ1) is 9.35. The number of nitrogens with zero attached hydrogens (tertiary/aromatic N) is 2. The topological polar surface area (TPSA) is 6.25 Å². The van der Waals surface area contributed by atoms with Crippen molar-refractivity contribution in [3.8, 4) is 0 Å². The third-order valence-corrected chi connectivity index (χ3v) is 3.90. The summed E-state index contributed by atoms with van der Waals surface area (Å²) in [7, 11) is 0. The Morgan fingerprint density at radius 1 is 1.16 bits per heavy atom. The molecule has 0 bridgehead atoms. The fraction of sp³-hybridized carbons (Fsp3) is 0.588. The maximum Gasteiger partial charge on any atom is 0.246 e. The largest absolute Gasteiger partial charge is 0.266 e. The molecular formula is C17H27N2+. The minimum Gasteiger partial charge on any atom is -0.266 e. The summed E-state index contributed by atoms with van der Waals surface area (Å²) in [5.74, 6) is 1.54. The number of hydrogen-bond acceptors (Lipinski definition) is 1. The second-order valence-electron chi connectivity index (χ2n) is 5.37. The van der Waals surface area contributed by atoms with E-state index in [0.717, 1.165) is 13.0 Å². The van der Waals surface area contributed by atoms with E-state index in [1.54, 1.807) is 5.84 Å². The summed E-state index contributed by atoms with van der Waals surface area (Å²) in [6.07, 6.45) is 5.03. The van der Waals surface area contributed by atoms with Crippen LogP contribution in [0.15, 0.2) is 30.3 Å². The lowest BCUT2D eigenvalue weighted by Gasteiger charge is -2.27. The maximum atomic E-state index is 2.61. The molecule has 1 aliphatic rings. The van der Waals surface area contributed by atoms with Crippen LogP contribution in [0.3, 0.4) is 0 Å². The second-order valence-corrected chi connectivity index (χ2v) is 5.37. The van der Waals surface area contributed by atoms with Gasteiger partial charge in [-0.2, -0.15) is 0 Å². The van der Waals surface area contributed by atoms with Gasteiger partial charge in [0.1, 0.15) is 6.54 Å². The van der Waals surface area contributed by atoms with Crippen molar-refractivity contribution < 1.29 is 4.58 Å². The summed E-state index contributed by atoms with van der Waals surface area (Å²) in [6, 6.07) is 10.8. The lowest BCUT2D eigenvalue weighted by atomic mass is 10.1. The van der Waals surface area contributed by atoms with E-state index in [4.69, 9.17) is 0 Å². The van der Waals surface area contributed by atoms with E-state index in [-0.39, 0.29) is 0 Å². The molecule has 0 aliphatic carbocycles. The van der Waals surface area contributed by atoms with Crippen molar-refractivity contribution in [2.45, 2.75) is 46.1 Å². The monoisotopic (exact) mass is 259 g/mol.